The zero-order chi connectivity index (χ0) is 14.1. The number of anilines is 1. The Hall–Kier alpha value is -1.54. The van der Waals surface area contributed by atoms with Gasteiger partial charge in [0.15, 0.2) is 0 Å². The minimum atomic E-state index is -0.167. The highest BCUT2D eigenvalue weighted by atomic mass is 35.5. The topological polar surface area (TPSA) is 12.0 Å². The summed E-state index contributed by atoms with van der Waals surface area (Å²) in [7, 11) is 0. The second-order valence-corrected chi connectivity index (χ2v) is 5.96. The van der Waals surface area contributed by atoms with Gasteiger partial charge in [0.05, 0.1) is 0 Å². The van der Waals surface area contributed by atoms with Gasteiger partial charge in [-0.1, -0.05) is 23.7 Å². The fourth-order valence-corrected chi connectivity index (χ4v) is 2.98. The predicted molar refractivity (Wildman–Crippen MR) is 82.0 cm³/mol. The summed E-state index contributed by atoms with van der Waals surface area (Å²) >= 11 is 5.96. The lowest BCUT2D eigenvalue weighted by Gasteiger charge is -2.37. The normalized spacial score (nSPS) is 21.4. The Labute approximate surface area is 123 Å². The van der Waals surface area contributed by atoms with Crippen molar-refractivity contribution in [1.82, 2.24) is 0 Å². The van der Waals surface area contributed by atoms with Gasteiger partial charge >= 0.3 is 0 Å². The van der Waals surface area contributed by atoms with E-state index in [1.807, 2.05) is 30.3 Å². The fourth-order valence-electron chi connectivity index (χ4n) is 2.75. The molecule has 0 saturated heterocycles. The molecule has 1 aliphatic rings. The maximum atomic E-state index is 12.9. The van der Waals surface area contributed by atoms with E-state index in [0.29, 0.717) is 12.0 Å². The molecule has 0 amide bonds. The van der Waals surface area contributed by atoms with Crippen molar-refractivity contribution in [1.29, 1.82) is 0 Å². The van der Waals surface area contributed by atoms with Gasteiger partial charge in [-0.3, -0.25) is 0 Å². The van der Waals surface area contributed by atoms with Crippen LogP contribution in [0.15, 0.2) is 42.5 Å². The van der Waals surface area contributed by atoms with E-state index in [9.17, 15) is 4.39 Å². The number of rotatable bonds is 3. The molecular weight excluding hydrogens is 273 g/mol. The zero-order valence-electron chi connectivity index (χ0n) is 11.4. The van der Waals surface area contributed by atoms with Gasteiger partial charge in [0.1, 0.15) is 5.82 Å². The van der Waals surface area contributed by atoms with Crippen LogP contribution in [0, 0.1) is 12.7 Å². The van der Waals surface area contributed by atoms with E-state index < -0.39 is 0 Å². The van der Waals surface area contributed by atoms with Crippen LogP contribution < -0.4 is 5.32 Å². The van der Waals surface area contributed by atoms with Crippen molar-refractivity contribution in [2.24, 2.45) is 0 Å². The summed E-state index contributed by atoms with van der Waals surface area (Å²) in [5.41, 5.74) is 3.55. The number of benzene rings is 2. The van der Waals surface area contributed by atoms with Crippen LogP contribution in [0.25, 0.3) is 0 Å². The molecule has 0 unspecified atom stereocenters. The van der Waals surface area contributed by atoms with Crippen LogP contribution in [0.3, 0.4) is 0 Å². The first-order valence-corrected chi connectivity index (χ1v) is 7.28. The Morgan fingerprint density at radius 1 is 1.10 bits per heavy atom. The highest BCUT2D eigenvalue weighted by molar-refractivity contribution is 6.30. The average Bonchev–Trinajstić information content (AvgIpc) is 2.37. The van der Waals surface area contributed by atoms with E-state index in [0.717, 1.165) is 23.6 Å². The molecule has 3 heteroatoms. The minimum absolute atomic E-state index is 0.167. The molecule has 0 aliphatic heterocycles. The summed E-state index contributed by atoms with van der Waals surface area (Å²) in [5, 5.41) is 4.32. The van der Waals surface area contributed by atoms with Gasteiger partial charge < -0.3 is 5.32 Å². The lowest BCUT2D eigenvalue weighted by atomic mass is 9.76. The molecule has 104 valence electrons. The molecule has 2 aromatic rings. The number of aryl methyl sites for hydroxylation is 1. The third kappa shape index (κ3) is 2.80. The van der Waals surface area contributed by atoms with Gasteiger partial charge in [0, 0.05) is 16.8 Å². The molecule has 0 radical (unpaired) electrons. The SMILES string of the molecule is Cc1cc(Cl)ccc1NC1CC(c2ccc(F)cc2)C1. The summed E-state index contributed by atoms with van der Waals surface area (Å²) in [4.78, 5) is 0. The van der Waals surface area contributed by atoms with Crippen LogP contribution in [-0.4, -0.2) is 6.04 Å². The number of halogens is 2. The summed E-state index contributed by atoms with van der Waals surface area (Å²) in [5.74, 6) is 0.375. The van der Waals surface area contributed by atoms with E-state index in [2.05, 4.69) is 12.2 Å². The summed E-state index contributed by atoms with van der Waals surface area (Å²) < 4.78 is 12.9. The lowest BCUT2D eigenvalue weighted by molar-refractivity contribution is 0.373. The first-order valence-electron chi connectivity index (χ1n) is 6.90. The Bertz CT molecular complexity index is 603. The minimum Gasteiger partial charge on any atom is -0.382 e. The molecule has 1 fully saturated rings. The van der Waals surface area contributed by atoms with Crippen LogP contribution in [0.4, 0.5) is 10.1 Å². The summed E-state index contributed by atoms with van der Waals surface area (Å²) in [6.45, 7) is 2.06. The van der Waals surface area contributed by atoms with Crippen LogP contribution in [0.5, 0.6) is 0 Å². The van der Waals surface area contributed by atoms with Crippen molar-refractivity contribution in [2.75, 3.05) is 5.32 Å². The van der Waals surface area contributed by atoms with Crippen molar-refractivity contribution in [3.63, 3.8) is 0 Å². The highest BCUT2D eigenvalue weighted by Crippen LogP contribution is 2.39. The standard InChI is InChI=1S/C17H17ClFN/c1-11-8-14(18)4-7-17(11)20-16-9-13(10-16)12-2-5-15(19)6-3-12/h2-8,13,16,20H,9-10H2,1H3. The van der Waals surface area contributed by atoms with Gasteiger partial charge in [-0.2, -0.15) is 0 Å². The molecule has 2 aromatic carbocycles. The molecule has 0 heterocycles. The van der Waals surface area contributed by atoms with Crippen molar-refractivity contribution < 1.29 is 4.39 Å². The maximum Gasteiger partial charge on any atom is 0.123 e. The summed E-state index contributed by atoms with van der Waals surface area (Å²) in [6, 6.07) is 13.3. The van der Waals surface area contributed by atoms with E-state index in [1.54, 1.807) is 12.1 Å². The second kappa shape index (κ2) is 5.45. The maximum absolute atomic E-state index is 12.9. The third-order valence-electron chi connectivity index (χ3n) is 4.03. The molecule has 1 aliphatic carbocycles. The van der Waals surface area contributed by atoms with Crippen LogP contribution in [0.2, 0.25) is 5.02 Å². The van der Waals surface area contributed by atoms with Crippen molar-refractivity contribution >= 4 is 17.3 Å². The van der Waals surface area contributed by atoms with E-state index in [1.165, 1.54) is 11.1 Å². The highest BCUT2D eigenvalue weighted by Gasteiger charge is 2.30. The van der Waals surface area contributed by atoms with E-state index in [4.69, 9.17) is 11.6 Å². The third-order valence-corrected chi connectivity index (χ3v) is 4.26. The van der Waals surface area contributed by atoms with Gasteiger partial charge in [0.25, 0.3) is 0 Å². The Morgan fingerprint density at radius 3 is 2.45 bits per heavy atom. The van der Waals surface area contributed by atoms with Gasteiger partial charge in [-0.15, -0.1) is 0 Å². The Kier molecular flexibility index (Phi) is 3.66. The number of hydrogen-bond acceptors (Lipinski definition) is 1. The Balaban J connectivity index is 1.59. The predicted octanol–water partition coefficient (Wildman–Crippen LogP) is 5.15. The van der Waals surface area contributed by atoms with Crippen molar-refractivity contribution in [2.45, 2.75) is 31.7 Å². The average molecular weight is 290 g/mol. The molecule has 3 rings (SSSR count). The first kappa shape index (κ1) is 13.4. The second-order valence-electron chi connectivity index (χ2n) is 5.52. The molecule has 0 atom stereocenters. The Morgan fingerprint density at radius 2 is 1.80 bits per heavy atom. The zero-order valence-corrected chi connectivity index (χ0v) is 12.1. The van der Waals surface area contributed by atoms with Gasteiger partial charge in [-0.05, 0) is 67.1 Å². The van der Waals surface area contributed by atoms with Crippen LogP contribution in [-0.2, 0) is 0 Å². The van der Waals surface area contributed by atoms with E-state index >= 15 is 0 Å². The smallest absolute Gasteiger partial charge is 0.123 e. The number of nitrogens with one attached hydrogen (secondary N) is 1. The quantitative estimate of drug-likeness (QED) is 0.824. The lowest BCUT2D eigenvalue weighted by Crippen LogP contribution is -2.34. The summed E-state index contributed by atoms with van der Waals surface area (Å²) in [6.07, 6.45) is 2.18. The van der Waals surface area contributed by atoms with E-state index in [-0.39, 0.29) is 5.82 Å². The molecule has 0 bridgehead atoms. The molecular formula is C17H17ClFN. The molecule has 0 aromatic heterocycles. The number of hydrogen-bond donors (Lipinski definition) is 1. The van der Waals surface area contributed by atoms with Crippen LogP contribution >= 0.6 is 11.6 Å². The molecule has 1 N–H and O–H groups in total. The van der Waals surface area contributed by atoms with Crippen LogP contribution in [0.1, 0.15) is 29.9 Å². The van der Waals surface area contributed by atoms with Gasteiger partial charge in [-0.25, -0.2) is 4.39 Å². The molecule has 0 spiro atoms. The van der Waals surface area contributed by atoms with Crippen molar-refractivity contribution in [3.8, 4) is 0 Å². The monoisotopic (exact) mass is 289 g/mol. The molecule has 1 nitrogen and oxygen atoms in total. The molecule has 1 saturated carbocycles. The first-order chi connectivity index (χ1) is 9.61. The van der Waals surface area contributed by atoms with Gasteiger partial charge in [0.2, 0.25) is 0 Å². The largest absolute Gasteiger partial charge is 0.382 e. The van der Waals surface area contributed by atoms with Crippen molar-refractivity contribution in [3.05, 3.63) is 64.4 Å². The molecule has 20 heavy (non-hydrogen) atoms. The fraction of sp³-hybridized carbons (Fsp3) is 0.294.